The zero-order chi connectivity index (χ0) is 14.5. The van der Waals surface area contributed by atoms with E-state index in [0.717, 1.165) is 17.8 Å². The quantitative estimate of drug-likeness (QED) is 0.688. The smallest absolute Gasteiger partial charge is 0.0603 e. The van der Waals surface area contributed by atoms with Gasteiger partial charge < -0.3 is 9.64 Å². The molecule has 20 heavy (non-hydrogen) atoms. The lowest BCUT2D eigenvalue weighted by Gasteiger charge is -2.41. The van der Waals surface area contributed by atoms with E-state index in [9.17, 15) is 0 Å². The first-order valence-corrected chi connectivity index (χ1v) is 8.94. The van der Waals surface area contributed by atoms with Crippen LogP contribution in [0.2, 0.25) is 0 Å². The first kappa shape index (κ1) is 16.3. The van der Waals surface area contributed by atoms with E-state index in [1.165, 1.54) is 58.2 Å². The predicted molar refractivity (Wildman–Crippen MR) is 86.0 cm³/mol. The molecule has 1 heterocycles. The Kier molecular flexibility index (Phi) is 6.35. The average Bonchev–Trinajstić information content (AvgIpc) is 2.37. The second-order valence-corrected chi connectivity index (χ2v) is 7.74. The van der Waals surface area contributed by atoms with Gasteiger partial charge in [0.1, 0.15) is 0 Å². The summed E-state index contributed by atoms with van der Waals surface area (Å²) in [4.78, 5) is 2.61. The summed E-state index contributed by atoms with van der Waals surface area (Å²) in [7, 11) is 0. The normalized spacial score (nSPS) is 30.4. The van der Waals surface area contributed by atoms with Crippen molar-refractivity contribution in [1.29, 1.82) is 0 Å². The Hall–Kier alpha value is -0.0800. The van der Waals surface area contributed by atoms with Crippen LogP contribution in [0.5, 0.6) is 0 Å². The van der Waals surface area contributed by atoms with E-state index in [-0.39, 0.29) is 0 Å². The molecule has 0 N–H and O–H groups in total. The van der Waals surface area contributed by atoms with Crippen molar-refractivity contribution in [3.63, 3.8) is 0 Å². The standard InChI is InChI=1S/C18H35NO/c1-5-15(4)10-16-11-18(12-16)20-17-6-8-19(9-7-17)13-14(2)3/h14-18H,5-13H2,1-4H3/t15?,16-,18-. The Labute approximate surface area is 126 Å². The molecule has 1 aliphatic heterocycles. The van der Waals surface area contributed by atoms with Gasteiger partial charge >= 0.3 is 0 Å². The molecule has 1 unspecified atom stereocenters. The van der Waals surface area contributed by atoms with Gasteiger partial charge in [-0.3, -0.25) is 0 Å². The zero-order valence-electron chi connectivity index (χ0n) is 14.1. The Morgan fingerprint density at radius 1 is 1.05 bits per heavy atom. The van der Waals surface area contributed by atoms with Gasteiger partial charge in [-0.25, -0.2) is 0 Å². The summed E-state index contributed by atoms with van der Waals surface area (Å²) in [6.45, 7) is 13.1. The maximum Gasteiger partial charge on any atom is 0.0603 e. The average molecular weight is 281 g/mol. The van der Waals surface area contributed by atoms with Gasteiger partial charge in [-0.15, -0.1) is 0 Å². The Balaban J connectivity index is 1.56. The molecule has 2 rings (SSSR count). The molecule has 0 aromatic carbocycles. The van der Waals surface area contributed by atoms with Crippen LogP contribution in [0.3, 0.4) is 0 Å². The van der Waals surface area contributed by atoms with E-state index in [2.05, 4.69) is 32.6 Å². The Morgan fingerprint density at radius 3 is 2.25 bits per heavy atom. The highest BCUT2D eigenvalue weighted by atomic mass is 16.5. The van der Waals surface area contributed by atoms with Gasteiger partial charge in [0, 0.05) is 19.6 Å². The minimum Gasteiger partial charge on any atom is -0.375 e. The highest BCUT2D eigenvalue weighted by molar-refractivity contribution is 4.83. The third-order valence-corrected chi connectivity index (χ3v) is 5.17. The van der Waals surface area contributed by atoms with Crippen LogP contribution in [0.25, 0.3) is 0 Å². The Morgan fingerprint density at radius 2 is 1.70 bits per heavy atom. The number of nitrogens with zero attached hydrogens (tertiary/aromatic N) is 1. The van der Waals surface area contributed by atoms with E-state index in [0.29, 0.717) is 12.2 Å². The molecule has 2 fully saturated rings. The van der Waals surface area contributed by atoms with E-state index in [4.69, 9.17) is 4.74 Å². The molecule has 2 nitrogen and oxygen atoms in total. The molecule has 0 amide bonds. The van der Waals surface area contributed by atoms with E-state index in [1.54, 1.807) is 0 Å². The molecular formula is C18H35NO. The number of likely N-dealkylation sites (tertiary alicyclic amines) is 1. The van der Waals surface area contributed by atoms with Gasteiger partial charge in [0.2, 0.25) is 0 Å². The molecule has 0 aromatic heterocycles. The van der Waals surface area contributed by atoms with Crippen molar-refractivity contribution < 1.29 is 4.74 Å². The summed E-state index contributed by atoms with van der Waals surface area (Å²) < 4.78 is 6.30. The van der Waals surface area contributed by atoms with Gasteiger partial charge in [-0.1, -0.05) is 34.1 Å². The predicted octanol–water partition coefficient (Wildman–Crippen LogP) is 4.34. The monoisotopic (exact) mass is 281 g/mol. The maximum absolute atomic E-state index is 6.30. The topological polar surface area (TPSA) is 12.5 Å². The fourth-order valence-corrected chi connectivity index (χ4v) is 3.73. The molecule has 0 radical (unpaired) electrons. The highest BCUT2D eigenvalue weighted by Gasteiger charge is 2.33. The summed E-state index contributed by atoms with van der Waals surface area (Å²) in [5.74, 6) is 2.65. The molecule has 1 saturated carbocycles. The molecule has 0 aromatic rings. The highest BCUT2D eigenvalue weighted by Crippen LogP contribution is 2.37. The number of piperidine rings is 1. The molecule has 118 valence electrons. The van der Waals surface area contributed by atoms with Gasteiger partial charge in [-0.05, 0) is 49.9 Å². The van der Waals surface area contributed by atoms with Crippen LogP contribution in [0.1, 0.15) is 66.2 Å². The molecule has 1 aliphatic carbocycles. The zero-order valence-corrected chi connectivity index (χ0v) is 14.1. The molecule has 0 bridgehead atoms. The third kappa shape index (κ3) is 5.04. The number of hydrogen-bond acceptors (Lipinski definition) is 2. The second kappa shape index (κ2) is 7.79. The first-order valence-electron chi connectivity index (χ1n) is 8.94. The van der Waals surface area contributed by atoms with Gasteiger partial charge in [0.25, 0.3) is 0 Å². The Bertz CT molecular complexity index is 265. The van der Waals surface area contributed by atoms with Gasteiger partial charge in [0.05, 0.1) is 12.2 Å². The van der Waals surface area contributed by atoms with Crippen molar-refractivity contribution in [2.75, 3.05) is 19.6 Å². The minimum absolute atomic E-state index is 0.549. The maximum atomic E-state index is 6.30. The largest absolute Gasteiger partial charge is 0.375 e. The summed E-state index contributed by atoms with van der Waals surface area (Å²) in [6, 6.07) is 0. The van der Waals surface area contributed by atoms with E-state index in [1.807, 2.05) is 0 Å². The van der Waals surface area contributed by atoms with Crippen molar-refractivity contribution in [3.05, 3.63) is 0 Å². The van der Waals surface area contributed by atoms with Crippen molar-refractivity contribution in [1.82, 2.24) is 4.90 Å². The summed E-state index contributed by atoms with van der Waals surface area (Å²) in [6.07, 6.45) is 9.05. The summed E-state index contributed by atoms with van der Waals surface area (Å²) >= 11 is 0. The first-order chi connectivity index (χ1) is 9.56. The summed E-state index contributed by atoms with van der Waals surface area (Å²) in [5, 5.41) is 0. The number of ether oxygens (including phenoxy) is 1. The second-order valence-electron chi connectivity index (χ2n) is 7.74. The lowest BCUT2D eigenvalue weighted by atomic mass is 9.76. The lowest BCUT2D eigenvalue weighted by molar-refractivity contribution is -0.0970. The fourth-order valence-electron chi connectivity index (χ4n) is 3.73. The molecule has 1 atom stereocenters. The molecule has 2 heteroatoms. The minimum atomic E-state index is 0.549. The molecule has 0 spiro atoms. The van der Waals surface area contributed by atoms with Crippen LogP contribution >= 0.6 is 0 Å². The number of rotatable bonds is 7. The van der Waals surface area contributed by atoms with Crippen molar-refractivity contribution >= 4 is 0 Å². The van der Waals surface area contributed by atoms with E-state index >= 15 is 0 Å². The molecule has 1 saturated heterocycles. The van der Waals surface area contributed by atoms with E-state index < -0.39 is 0 Å². The summed E-state index contributed by atoms with van der Waals surface area (Å²) in [5.41, 5.74) is 0. The van der Waals surface area contributed by atoms with Gasteiger partial charge in [-0.2, -0.15) is 0 Å². The van der Waals surface area contributed by atoms with Crippen LogP contribution in [0.4, 0.5) is 0 Å². The molecule has 2 aliphatic rings. The lowest BCUT2D eigenvalue weighted by Crippen LogP contribution is -2.42. The van der Waals surface area contributed by atoms with Gasteiger partial charge in [0.15, 0.2) is 0 Å². The van der Waals surface area contributed by atoms with Crippen LogP contribution in [-0.2, 0) is 4.74 Å². The van der Waals surface area contributed by atoms with Crippen molar-refractivity contribution in [2.24, 2.45) is 17.8 Å². The van der Waals surface area contributed by atoms with Crippen LogP contribution < -0.4 is 0 Å². The van der Waals surface area contributed by atoms with Crippen LogP contribution in [-0.4, -0.2) is 36.7 Å². The third-order valence-electron chi connectivity index (χ3n) is 5.17. The van der Waals surface area contributed by atoms with Crippen LogP contribution in [0.15, 0.2) is 0 Å². The molecular weight excluding hydrogens is 246 g/mol. The fraction of sp³-hybridized carbons (Fsp3) is 1.00. The SMILES string of the molecule is CCC(C)C[C@H]1C[C@H](OC2CCN(CC(C)C)CC2)C1. The van der Waals surface area contributed by atoms with Crippen molar-refractivity contribution in [3.8, 4) is 0 Å². The van der Waals surface area contributed by atoms with Crippen molar-refractivity contribution in [2.45, 2.75) is 78.4 Å². The van der Waals surface area contributed by atoms with Crippen LogP contribution in [0, 0.1) is 17.8 Å². The number of hydrogen-bond donors (Lipinski definition) is 0.